The molecule has 0 fully saturated rings. The van der Waals surface area contributed by atoms with E-state index in [4.69, 9.17) is 19.4 Å². The Balaban J connectivity index is 1.21. The van der Waals surface area contributed by atoms with E-state index in [1.165, 1.54) is 33.0 Å². The van der Waals surface area contributed by atoms with Crippen molar-refractivity contribution >= 4 is 54.5 Å². The van der Waals surface area contributed by atoms with E-state index in [-0.39, 0.29) is 0 Å². The summed E-state index contributed by atoms with van der Waals surface area (Å²) in [6, 6.07) is 50.7. The molecule has 0 radical (unpaired) electrons. The van der Waals surface area contributed by atoms with E-state index in [9.17, 15) is 0 Å². The fourth-order valence-corrected chi connectivity index (χ4v) is 7.73. The van der Waals surface area contributed by atoms with E-state index in [2.05, 4.69) is 108 Å². The van der Waals surface area contributed by atoms with Crippen LogP contribution < -0.4 is 0 Å². The molecule has 48 heavy (non-hydrogen) atoms. The average Bonchev–Trinajstić information content (AvgIpc) is 3.79. The lowest BCUT2D eigenvalue weighted by Gasteiger charge is -2.11. The highest BCUT2D eigenvalue weighted by atomic mass is 16.3. The monoisotopic (exact) mass is 612 g/mol. The van der Waals surface area contributed by atoms with Gasteiger partial charge in [0.05, 0.1) is 11.0 Å². The van der Waals surface area contributed by atoms with Gasteiger partial charge in [0.1, 0.15) is 11.2 Å². The molecule has 0 spiro atoms. The zero-order valence-electron chi connectivity index (χ0n) is 25.6. The molecule has 7 aromatic carbocycles. The Hall–Kier alpha value is -6.59. The molecular weight excluding hydrogens is 589 g/mol. The second kappa shape index (κ2) is 9.47. The molecule has 0 saturated heterocycles. The predicted molar refractivity (Wildman–Crippen MR) is 194 cm³/mol. The molecule has 3 aromatic heterocycles. The van der Waals surface area contributed by atoms with Crippen molar-refractivity contribution in [3.8, 4) is 51.0 Å². The minimum absolute atomic E-state index is 0.573. The Morgan fingerprint density at radius 1 is 0.417 bits per heavy atom. The molecule has 0 unspecified atom stereocenters. The summed E-state index contributed by atoms with van der Waals surface area (Å²) >= 11 is 0. The van der Waals surface area contributed by atoms with Crippen LogP contribution in [-0.2, 0) is 0 Å². The van der Waals surface area contributed by atoms with Crippen LogP contribution in [0.3, 0.4) is 0 Å². The van der Waals surface area contributed by atoms with Crippen molar-refractivity contribution in [3.05, 3.63) is 146 Å². The summed E-state index contributed by atoms with van der Waals surface area (Å²) in [6.45, 7) is 0. The first kappa shape index (κ1) is 25.6. The molecule has 5 nitrogen and oxygen atoms in total. The highest BCUT2D eigenvalue weighted by molar-refractivity contribution is 6.20. The summed E-state index contributed by atoms with van der Waals surface area (Å²) in [5.41, 5.74) is 10.5. The fourth-order valence-electron chi connectivity index (χ4n) is 7.73. The van der Waals surface area contributed by atoms with E-state index < -0.39 is 0 Å². The van der Waals surface area contributed by atoms with Crippen molar-refractivity contribution < 1.29 is 4.42 Å². The SMILES string of the molecule is c1ccc(-c2nc(-c3cccc4oc5cc6c(cc5c34)-c3cccc4cccc-6c34)nc(-n3c4ccccc4c4ccccc43)n2)cc1. The van der Waals surface area contributed by atoms with Crippen LogP contribution in [0.25, 0.3) is 105 Å². The van der Waals surface area contributed by atoms with Gasteiger partial charge in [-0.2, -0.15) is 9.97 Å². The number of nitrogens with zero attached hydrogens (tertiary/aromatic N) is 4. The number of hydrogen-bond donors (Lipinski definition) is 0. The third kappa shape index (κ3) is 3.47. The number of aromatic nitrogens is 4. The van der Waals surface area contributed by atoms with Gasteiger partial charge in [-0.05, 0) is 63.4 Å². The highest BCUT2D eigenvalue weighted by Crippen LogP contribution is 2.50. The Morgan fingerprint density at radius 3 is 1.79 bits per heavy atom. The third-order valence-corrected chi connectivity index (χ3v) is 9.80. The molecule has 10 aromatic rings. The maximum atomic E-state index is 6.59. The topological polar surface area (TPSA) is 56.7 Å². The first-order valence-electron chi connectivity index (χ1n) is 16.1. The van der Waals surface area contributed by atoms with Crippen LogP contribution in [0.15, 0.2) is 150 Å². The van der Waals surface area contributed by atoms with Crippen molar-refractivity contribution in [2.45, 2.75) is 0 Å². The molecule has 0 aliphatic heterocycles. The number of fused-ring (bicyclic) bond motifs is 9. The maximum absolute atomic E-state index is 6.59. The predicted octanol–water partition coefficient (Wildman–Crippen LogP) is 11.0. The summed E-state index contributed by atoms with van der Waals surface area (Å²) < 4.78 is 8.74. The first-order valence-corrected chi connectivity index (χ1v) is 16.1. The van der Waals surface area contributed by atoms with Crippen LogP contribution in [0.1, 0.15) is 0 Å². The van der Waals surface area contributed by atoms with Crippen LogP contribution in [0.4, 0.5) is 0 Å². The molecule has 0 bridgehead atoms. The van der Waals surface area contributed by atoms with Crippen LogP contribution in [-0.4, -0.2) is 19.5 Å². The maximum Gasteiger partial charge on any atom is 0.238 e. The van der Waals surface area contributed by atoms with E-state index in [0.29, 0.717) is 17.6 Å². The van der Waals surface area contributed by atoms with Gasteiger partial charge in [-0.3, -0.25) is 4.57 Å². The van der Waals surface area contributed by atoms with Crippen molar-refractivity contribution in [1.82, 2.24) is 19.5 Å². The van der Waals surface area contributed by atoms with Crippen LogP contribution in [0.2, 0.25) is 0 Å². The molecule has 3 heterocycles. The number of furan rings is 1. The first-order chi connectivity index (χ1) is 23.8. The second-order valence-corrected chi connectivity index (χ2v) is 12.4. The smallest absolute Gasteiger partial charge is 0.238 e. The van der Waals surface area contributed by atoms with Gasteiger partial charge in [0, 0.05) is 32.7 Å². The minimum atomic E-state index is 0.573. The Kier molecular flexibility index (Phi) is 5.05. The van der Waals surface area contributed by atoms with Gasteiger partial charge in [0.2, 0.25) is 5.95 Å². The lowest BCUT2D eigenvalue weighted by atomic mass is 9.99. The third-order valence-electron chi connectivity index (χ3n) is 9.80. The van der Waals surface area contributed by atoms with Gasteiger partial charge in [0.25, 0.3) is 0 Å². The lowest BCUT2D eigenvalue weighted by molar-refractivity contribution is 0.669. The number of hydrogen-bond acceptors (Lipinski definition) is 4. The molecule has 0 N–H and O–H groups in total. The van der Waals surface area contributed by atoms with Gasteiger partial charge in [-0.15, -0.1) is 0 Å². The van der Waals surface area contributed by atoms with E-state index in [1.54, 1.807) is 0 Å². The van der Waals surface area contributed by atoms with Crippen molar-refractivity contribution in [2.75, 3.05) is 0 Å². The van der Waals surface area contributed by atoms with Gasteiger partial charge in [0.15, 0.2) is 11.6 Å². The summed E-state index contributed by atoms with van der Waals surface area (Å²) in [5.74, 6) is 1.79. The lowest BCUT2D eigenvalue weighted by Crippen LogP contribution is -2.06. The van der Waals surface area contributed by atoms with Gasteiger partial charge < -0.3 is 4.42 Å². The van der Waals surface area contributed by atoms with Gasteiger partial charge in [-0.1, -0.05) is 115 Å². The van der Waals surface area contributed by atoms with Crippen LogP contribution >= 0.6 is 0 Å². The molecule has 0 saturated carbocycles. The molecule has 0 amide bonds. The Bertz CT molecular complexity index is 2900. The zero-order valence-corrected chi connectivity index (χ0v) is 25.6. The Morgan fingerprint density at radius 2 is 1.04 bits per heavy atom. The Labute approximate surface area is 274 Å². The highest BCUT2D eigenvalue weighted by Gasteiger charge is 2.25. The van der Waals surface area contributed by atoms with Crippen LogP contribution in [0.5, 0.6) is 0 Å². The molecule has 1 aliphatic rings. The second-order valence-electron chi connectivity index (χ2n) is 12.4. The standard InChI is InChI=1S/C43H24N4O/c1-2-11-26(12-3-1)41-44-42(46-43(45-41)47-35-20-6-4-15-27(35)28-16-5-7-21-36(28)47)31-19-10-22-37-40(31)34-23-32-29-17-8-13-25-14-9-18-30(39(25)29)33(32)24-38(34)48-37/h1-24H. The normalized spacial score (nSPS) is 12.2. The fraction of sp³-hybridized carbons (Fsp3) is 0. The number of benzene rings is 7. The number of rotatable bonds is 3. The van der Waals surface area contributed by atoms with E-state index >= 15 is 0 Å². The van der Waals surface area contributed by atoms with Crippen molar-refractivity contribution in [3.63, 3.8) is 0 Å². The summed E-state index contributed by atoms with van der Waals surface area (Å²) in [7, 11) is 0. The number of para-hydroxylation sites is 2. The summed E-state index contributed by atoms with van der Waals surface area (Å²) in [6.07, 6.45) is 0. The molecular formula is C43H24N4O. The molecule has 5 heteroatoms. The summed E-state index contributed by atoms with van der Waals surface area (Å²) in [5, 5.41) is 6.90. The summed E-state index contributed by atoms with van der Waals surface area (Å²) in [4.78, 5) is 15.5. The molecule has 1 aliphatic carbocycles. The molecule has 0 atom stereocenters. The average molecular weight is 613 g/mol. The largest absolute Gasteiger partial charge is 0.456 e. The van der Waals surface area contributed by atoms with Crippen molar-refractivity contribution in [1.29, 1.82) is 0 Å². The molecule has 11 rings (SSSR count). The minimum Gasteiger partial charge on any atom is -0.456 e. The van der Waals surface area contributed by atoms with E-state index in [0.717, 1.165) is 54.9 Å². The van der Waals surface area contributed by atoms with Crippen LogP contribution in [0, 0.1) is 0 Å². The quantitative estimate of drug-likeness (QED) is 0.199. The van der Waals surface area contributed by atoms with E-state index in [1.807, 2.05) is 42.5 Å². The van der Waals surface area contributed by atoms with Crippen molar-refractivity contribution in [2.24, 2.45) is 0 Å². The molecule has 222 valence electrons. The van der Waals surface area contributed by atoms with Gasteiger partial charge >= 0.3 is 0 Å². The van der Waals surface area contributed by atoms with Gasteiger partial charge in [-0.25, -0.2) is 4.98 Å². The zero-order chi connectivity index (χ0) is 31.3.